The summed E-state index contributed by atoms with van der Waals surface area (Å²) in [6.07, 6.45) is 4.63. The van der Waals surface area contributed by atoms with Gasteiger partial charge in [0.15, 0.2) is 11.5 Å². The van der Waals surface area contributed by atoms with Crippen molar-refractivity contribution in [1.29, 1.82) is 0 Å². The van der Waals surface area contributed by atoms with Crippen molar-refractivity contribution in [3.63, 3.8) is 0 Å². The van der Waals surface area contributed by atoms with Crippen LogP contribution >= 0.6 is 0 Å². The zero-order valence-corrected chi connectivity index (χ0v) is 8.11. The van der Waals surface area contributed by atoms with Gasteiger partial charge < -0.3 is 9.47 Å². The predicted octanol–water partition coefficient (Wildman–Crippen LogP) is 1.83. The number of hydrogen-bond donors (Lipinski definition) is 0. The SMILES string of the molecule is COc1ccc(/C=C/[C]=O)cc1OC. The summed E-state index contributed by atoms with van der Waals surface area (Å²) in [4.78, 5) is 9.99. The average molecular weight is 191 g/mol. The summed E-state index contributed by atoms with van der Waals surface area (Å²) in [6.45, 7) is 0. The molecule has 1 aromatic rings. The molecule has 0 aromatic heterocycles. The van der Waals surface area contributed by atoms with E-state index in [9.17, 15) is 4.79 Å². The van der Waals surface area contributed by atoms with E-state index in [0.717, 1.165) is 5.56 Å². The second-order valence-corrected chi connectivity index (χ2v) is 2.57. The Hall–Kier alpha value is -1.77. The van der Waals surface area contributed by atoms with Gasteiger partial charge in [-0.2, -0.15) is 0 Å². The quantitative estimate of drug-likeness (QED) is 0.681. The maximum absolute atomic E-state index is 9.99. The van der Waals surface area contributed by atoms with Gasteiger partial charge in [-0.3, -0.25) is 4.79 Å². The van der Waals surface area contributed by atoms with Crippen molar-refractivity contribution < 1.29 is 14.3 Å². The van der Waals surface area contributed by atoms with Gasteiger partial charge >= 0.3 is 0 Å². The molecular formula is C11H11O3. The Kier molecular flexibility index (Phi) is 3.73. The van der Waals surface area contributed by atoms with Crippen LogP contribution in [0.3, 0.4) is 0 Å². The molecule has 0 amide bonds. The molecule has 14 heavy (non-hydrogen) atoms. The second kappa shape index (κ2) is 5.07. The van der Waals surface area contributed by atoms with Crippen LogP contribution in [0.25, 0.3) is 6.08 Å². The average Bonchev–Trinajstić information content (AvgIpc) is 2.25. The van der Waals surface area contributed by atoms with Gasteiger partial charge in [-0.1, -0.05) is 12.1 Å². The number of carbonyl (C=O) groups excluding carboxylic acids is 1. The van der Waals surface area contributed by atoms with E-state index in [2.05, 4.69) is 0 Å². The third kappa shape index (κ3) is 2.36. The third-order valence-corrected chi connectivity index (χ3v) is 1.75. The summed E-state index contributed by atoms with van der Waals surface area (Å²) in [6, 6.07) is 5.39. The Bertz CT molecular complexity index is 342. The van der Waals surface area contributed by atoms with Crippen molar-refractivity contribution in [3.8, 4) is 11.5 Å². The van der Waals surface area contributed by atoms with Crippen LogP contribution in [0.5, 0.6) is 11.5 Å². The zero-order chi connectivity index (χ0) is 10.4. The Morgan fingerprint density at radius 1 is 1.21 bits per heavy atom. The van der Waals surface area contributed by atoms with Crippen molar-refractivity contribution >= 4 is 12.4 Å². The van der Waals surface area contributed by atoms with E-state index in [-0.39, 0.29) is 0 Å². The predicted molar refractivity (Wildman–Crippen MR) is 54.3 cm³/mol. The Labute approximate surface area is 83.0 Å². The monoisotopic (exact) mass is 191 g/mol. The van der Waals surface area contributed by atoms with Crippen LogP contribution in [0.1, 0.15) is 5.56 Å². The normalized spacial score (nSPS) is 10.1. The molecule has 3 heteroatoms. The molecule has 0 aliphatic rings. The van der Waals surface area contributed by atoms with Crippen LogP contribution in [0, 0.1) is 0 Å². The minimum absolute atomic E-state index is 0.639. The van der Waals surface area contributed by atoms with Gasteiger partial charge in [0.25, 0.3) is 0 Å². The Morgan fingerprint density at radius 3 is 2.50 bits per heavy atom. The van der Waals surface area contributed by atoms with Crippen LogP contribution in [0.2, 0.25) is 0 Å². The maximum Gasteiger partial charge on any atom is 0.225 e. The number of ether oxygens (including phenoxy) is 2. The number of allylic oxidation sites excluding steroid dienone is 1. The fraction of sp³-hybridized carbons (Fsp3) is 0.182. The molecule has 0 unspecified atom stereocenters. The number of rotatable bonds is 4. The fourth-order valence-electron chi connectivity index (χ4n) is 1.09. The van der Waals surface area contributed by atoms with Crippen LogP contribution < -0.4 is 9.47 Å². The van der Waals surface area contributed by atoms with Crippen molar-refractivity contribution in [1.82, 2.24) is 0 Å². The minimum Gasteiger partial charge on any atom is -0.493 e. The lowest BCUT2D eigenvalue weighted by Gasteiger charge is -2.07. The molecule has 0 aliphatic heterocycles. The highest BCUT2D eigenvalue weighted by Crippen LogP contribution is 2.27. The van der Waals surface area contributed by atoms with E-state index < -0.39 is 0 Å². The summed E-state index contributed by atoms with van der Waals surface area (Å²) < 4.78 is 10.2. The van der Waals surface area contributed by atoms with E-state index in [1.54, 1.807) is 38.7 Å². The highest BCUT2D eigenvalue weighted by molar-refractivity contribution is 5.74. The van der Waals surface area contributed by atoms with Crippen LogP contribution in [-0.2, 0) is 4.79 Å². The molecule has 0 N–H and O–H groups in total. The lowest BCUT2D eigenvalue weighted by Crippen LogP contribution is -1.90. The van der Waals surface area contributed by atoms with E-state index >= 15 is 0 Å². The molecule has 0 spiro atoms. The molecular weight excluding hydrogens is 180 g/mol. The van der Waals surface area contributed by atoms with Gasteiger partial charge in [-0.05, 0) is 23.8 Å². The lowest BCUT2D eigenvalue weighted by atomic mass is 10.2. The van der Waals surface area contributed by atoms with Crippen molar-refractivity contribution in [2.24, 2.45) is 0 Å². The smallest absolute Gasteiger partial charge is 0.225 e. The summed E-state index contributed by atoms with van der Waals surface area (Å²) in [5, 5.41) is 0. The first-order valence-corrected chi connectivity index (χ1v) is 4.08. The Balaban J connectivity index is 3.00. The van der Waals surface area contributed by atoms with Gasteiger partial charge in [0.1, 0.15) is 0 Å². The zero-order valence-electron chi connectivity index (χ0n) is 8.11. The molecule has 0 saturated carbocycles. The molecule has 1 rings (SSSR count). The second-order valence-electron chi connectivity index (χ2n) is 2.57. The minimum atomic E-state index is 0.639. The first kappa shape index (κ1) is 10.3. The molecule has 0 heterocycles. The van der Waals surface area contributed by atoms with Crippen LogP contribution in [-0.4, -0.2) is 20.5 Å². The molecule has 1 aromatic carbocycles. The van der Waals surface area contributed by atoms with Gasteiger partial charge in [0, 0.05) is 0 Å². The topological polar surface area (TPSA) is 35.5 Å². The molecule has 73 valence electrons. The van der Waals surface area contributed by atoms with Crippen molar-refractivity contribution in [2.75, 3.05) is 14.2 Å². The first-order chi connectivity index (χ1) is 6.81. The molecule has 0 atom stereocenters. The van der Waals surface area contributed by atoms with E-state index in [0.29, 0.717) is 11.5 Å². The highest BCUT2D eigenvalue weighted by Gasteiger charge is 2.01. The highest BCUT2D eigenvalue weighted by atomic mass is 16.5. The largest absolute Gasteiger partial charge is 0.493 e. The van der Waals surface area contributed by atoms with Crippen LogP contribution in [0.15, 0.2) is 24.3 Å². The summed E-state index contributed by atoms with van der Waals surface area (Å²) >= 11 is 0. The molecule has 0 saturated heterocycles. The van der Waals surface area contributed by atoms with E-state index in [4.69, 9.17) is 9.47 Å². The van der Waals surface area contributed by atoms with Gasteiger partial charge in [-0.15, -0.1) is 0 Å². The van der Waals surface area contributed by atoms with Crippen LogP contribution in [0.4, 0.5) is 0 Å². The van der Waals surface area contributed by atoms with Gasteiger partial charge in [0.2, 0.25) is 6.29 Å². The molecule has 1 radical (unpaired) electrons. The number of hydrogen-bond acceptors (Lipinski definition) is 3. The Morgan fingerprint density at radius 2 is 1.93 bits per heavy atom. The van der Waals surface area contributed by atoms with E-state index in [1.807, 2.05) is 6.07 Å². The van der Waals surface area contributed by atoms with Crippen molar-refractivity contribution in [3.05, 3.63) is 29.8 Å². The lowest BCUT2D eigenvalue weighted by molar-refractivity contribution is 0.355. The molecule has 0 fully saturated rings. The first-order valence-electron chi connectivity index (χ1n) is 4.08. The van der Waals surface area contributed by atoms with Gasteiger partial charge in [0.05, 0.1) is 14.2 Å². The fourth-order valence-corrected chi connectivity index (χ4v) is 1.09. The third-order valence-electron chi connectivity index (χ3n) is 1.75. The summed E-state index contributed by atoms with van der Waals surface area (Å²) in [5.41, 5.74) is 0.867. The standard InChI is InChI=1S/C11H11O3/c1-13-10-6-5-9(4-3-7-12)8-11(10)14-2/h3-6,8H,1-2H3/b4-3+. The summed E-state index contributed by atoms with van der Waals surface area (Å²) in [7, 11) is 3.14. The van der Waals surface area contributed by atoms with E-state index in [1.165, 1.54) is 6.08 Å². The number of benzene rings is 1. The molecule has 3 nitrogen and oxygen atoms in total. The number of methoxy groups -OCH3 is 2. The summed E-state index contributed by atoms with van der Waals surface area (Å²) in [5.74, 6) is 1.31. The van der Waals surface area contributed by atoms with Gasteiger partial charge in [-0.25, -0.2) is 0 Å². The van der Waals surface area contributed by atoms with Crippen molar-refractivity contribution in [2.45, 2.75) is 0 Å². The molecule has 0 bridgehead atoms. The maximum atomic E-state index is 9.99. The molecule has 0 aliphatic carbocycles.